The normalized spacial score (nSPS) is 19.8. The Morgan fingerprint density at radius 2 is 2.12 bits per heavy atom. The third-order valence-corrected chi connectivity index (χ3v) is 6.23. The van der Waals surface area contributed by atoms with Crippen molar-refractivity contribution in [3.63, 3.8) is 0 Å². The van der Waals surface area contributed by atoms with Crippen LogP contribution in [0.2, 0.25) is 0 Å². The summed E-state index contributed by atoms with van der Waals surface area (Å²) in [5.74, 6) is 0.659. The van der Waals surface area contributed by atoms with Crippen molar-refractivity contribution in [3.05, 3.63) is 28.0 Å². The summed E-state index contributed by atoms with van der Waals surface area (Å²) in [6.07, 6.45) is 7.13. The van der Waals surface area contributed by atoms with Crippen LogP contribution in [0.15, 0.2) is 6.07 Å². The maximum Gasteiger partial charge on any atom is 0.324 e. The highest BCUT2D eigenvalue weighted by molar-refractivity contribution is 7.15. The second-order valence-electron chi connectivity index (χ2n) is 7.01. The first-order valence-electron chi connectivity index (χ1n) is 8.87. The molecular weight excluding hydrogens is 322 g/mol. The number of rotatable bonds is 2. The van der Waals surface area contributed by atoms with Gasteiger partial charge in [0, 0.05) is 17.3 Å². The molecule has 0 atom stereocenters. The summed E-state index contributed by atoms with van der Waals surface area (Å²) in [5, 5.41) is 8.44. The molecule has 0 bridgehead atoms. The summed E-state index contributed by atoms with van der Waals surface area (Å²) < 4.78 is 2.07. The van der Waals surface area contributed by atoms with E-state index < -0.39 is 0 Å². The van der Waals surface area contributed by atoms with Crippen LogP contribution in [0.25, 0.3) is 0 Å². The quantitative estimate of drug-likeness (QED) is 0.911. The van der Waals surface area contributed by atoms with E-state index in [2.05, 4.69) is 26.1 Å². The number of anilines is 1. The Morgan fingerprint density at radius 1 is 1.25 bits per heavy atom. The van der Waals surface area contributed by atoms with Crippen molar-refractivity contribution in [2.45, 2.75) is 57.5 Å². The van der Waals surface area contributed by atoms with Crippen molar-refractivity contribution in [2.75, 3.05) is 11.9 Å². The van der Waals surface area contributed by atoms with Gasteiger partial charge in [-0.25, -0.2) is 9.78 Å². The van der Waals surface area contributed by atoms with Gasteiger partial charge in [0.25, 0.3) is 0 Å². The van der Waals surface area contributed by atoms with Crippen molar-refractivity contribution in [1.29, 1.82) is 0 Å². The van der Waals surface area contributed by atoms with E-state index in [0.29, 0.717) is 19.0 Å². The molecule has 2 aliphatic carbocycles. The molecule has 7 heteroatoms. The lowest BCUT2D eigenvalue weighted by Gasteiger charge is -2.27. The molecule has 1 aliphatic heterocycles. The largest absolute Gasteiger partial charge is 0.324 e. The van der Waals surface area contributed by atoms with Gasteiger partial charge in [-0.05, 0) is 44.6 Å². The number of carbonyl (C=O) groups excluding carboxylic acids is 1. The fourth-order valence-corrected chi connectivity index (χ4v) is 4.66. The summed E-state index contributed by atoms with van der Waals surface area (Å²) in [6.45, 7) is 2.12. The van der Waals surface area contributed by atoms with Crippen LogP contribution < -0.4 is 5.32 Å². The number of nitrogens with one attached hydrogen (secondary N) is 1. The van der Waals surface area contributed by atoms with Gasteiger partial charge >= 0.3 is 6.03 Å². The fourth-order valence-electron chi connectivity index (χ4n) is 3.62. The summed E-state index contributed by atoms with van der Waals surface area (Å²) in [4.78, 5) is 20.4. The van der Waals surface area contributed by atoms with Gasteiger partial charge in [0.2, 0.25) is 0 Å². The second kappa shape index (κ2) is 5.58. The van der Waals surface area contributed by atoms with Gasteiger partial charge in [0.1, 0.15) is 0 Å². The van der Waals surface area contributed by atoms with Crippen LogP contribution in [-0.4, -0.2) is 32.2 Å². The van der Waals surface area contributed by atoms with Gasteiger partial charge in [-0.15, -0.1) is 11.3 Å². The zero-order valence-corrected chi connectivity index (χ0v) is 14.4. The Morgan fingerprint density at radius 3 is 2.96 bits per heavy atom. The second-order valence-corrected chi connectivity index (χ2v) is 8.09. The van der Waals surface area contributed by atoms with E-state index in [1.54, 1.807) is 11.3 Å². The Kier molecular flexibility index (Phi) is 3.36. The summed E-state index contributed by atoms with van der Waals surface area (Å²) in [7, 11) is 0. The van der Waals surface area contributed by atoms with E-state index in [4.69, 9.17) is 0 Å². The van der Waals surface area contributed by atoms with Gasteiger partial charge in [-0.3, -0.25) is 10.00 Å². The van der Waals surface area contributed by atoms with Crippen LogP contribution in [0.4, 0.5) is 9.93 Å². The molecule has 1 fully saturated rings. The van der Waals surface area contributed by atoms with Gasteiger partial charge in [-0.1, -0.05) is 0 Å². The predicted octanol–water partition coefficient (Wildman–Crippen LogP) is 3.14. The number of fused-ring (bicyclic) bond motifs is 2. The van der Waals surface area contributed by atoms with Crippen LogP contribution in [0.3, 0.4) is 0 Å². The first kappa shape index (κ1) is 14.5. The Balaban J connectivity index is 1.28. The third-order valence-electron chi connectivity index (χ3n) is 5.16. The van der Waals surface area contributed by atoms with Gasteiger partial charge in [-0.2, -0.15) is 5.10 Å². The minimum atomic E-state index is -0.0403. The van der Waals surface area contributed by atoms with E-state index in [-0.39, 0.29) is 6.03 Å². The Hall–Kier alpha value is -1.89. The van der Waals surface area contributed by atoms with E-state index in [0.717, 1.165) is 30.2 Å². The zero-order chi connectivity index (χ0) is 16.1. The SMILES string of the molecule is O=C(Nc1nc2c(s1)CCCC2)N1CCn2nc(C3CC3)cc2C1. The molecule has 0 radical (unpaired) electrons. The van der Waals surface area contributed by atoms with Gasteiger partial charge in [0.05, 0.1) is 30.2 Å². The van der Waals surface area contributed by atoms with Crippen molar-refractivity contribution in [3.8, 4) is 0 Å². The molecule has 2 aromatic rings. The Labute approximate surface area is 144 Å². The van der Waals surface area contributed by atoms with Crippen molar-refractivity contribution >= 4 is 22.5 Å². The number of aromatic nitrogens is 3. The van der Waals surface area contributed by atoms with Crippen molar-refractivity contribution < 1.29 is 4.79 Å². The highest BCUT2D eigenvalue weighted by Gasteiger charge is 2.30. The molecule has 0 spiro atoms. The number of nitrogens with zero attached hydrogens (tertiary/aromatic N) is 4. The van der Waals surface area contributed by atoms with Crippen LogP contribution in [0, 0.1) is 0 Å². The molecule has 2 aromatic heterocycles. The molecular formula is C17H21N5OS. The average molecular weight is 343 g/mol. The van der Waals surface area contributed by atoms with Gasteiger partial charge < -0.3 is 4.90 Å². The number of hydrogen-bond acceptors (Lipinski definition) is 4. The number of hydrogen-bond donors (Lipinski definition) is 1. The minimum absolute atomic E-state index is 0.0403. The van der Waals surface area contributed by atoms with Crippen LogP contribution >= 0.6 is 11.3 Å². The smallest absolute Gasteiger partial charge is 0.317 e. The summed E-state index contributed by atoms with van der Waals surface area (Å²) in [5.41, 5.74) is 3.55. The molecule has 6 nitrogen and oxygen atoms in total. The van der Waals surface area contributed by atoms with Crippen LogP contribution in [0.1, 0.15) is 53.6 Å². The number of aryl methyl sites for hydroxylation is 2. The zero-order valence-electron chi connectivity index (χ0n) is 13.6. The molecule has 1 N–H and O–H groups in total. The molecule has 126 valence electrons. The third kappa shape index (κ3) is 2.60. The molecule has 0 aromatic carbocycles. The molecule has 1 saturated carbocycles. The molecule has 0 unspecified atom stereocenters. The first-order valence-corrected chi connectivity index (χ1v) is 9.69. The molecule has 0 saturated heterocycles. The number of amides is 2. The highest BCUT2D eigenvalue weighted by atomic mass is 32.1. The van der Waals surface area contributed by atoms with Crippen LogP contribution in [0.5, 0.6) is 0 Å². The lowest BCUT2D eigenvalue weighted by Crippen LogP contribution is -2.40. The van der Waals surface area contributed by atoms with Crippen LogP contribution in [-0.2, 0) is 25.9 Å². The summed E-state index contributed by atoms with van der Waals surface area (Å²) in [6, 6.07) is 2.14. The molecule has 3 aliphatic rings. The maximum absolute atomic E-state index is 12.6. The predicted molar refractivity (Wildman–Crippen MR) is 92.4 cm³/mol. The summed E-state index contributed by atoms with van der Waals surface area (Å²) >= 11 is 1.64. The van der Waals surface area contributed by atoms with E-state index in [1.165, 1.54) is 41.9 Å². The standard InChI is InChI=1S/C17H21N5OS/c23-17(19-16-18-13-3-1-2-4-15(13)24-16)21-7-8-22-12(10-21)9-14(20-22)11-5-6-11/h9,11H,1-8,10H2,(H,18,19,23). The lowest BCUT2D eigenvalue weighted by molar-refractivity contribution is 0.194. The number of thiazole rings is 1. The first-order chi connectivity index (χ1) is 11.8. The van der Waals surface area contributed by atoms with E-state index >= 15 is 0 Å². The average Bonchev–Trinajstić information content (AvgIpc) is 3.22. The topological polar surface area (TPSA) is 63.1 Å². The number of urea groups is 1. The fraction of sp³-hybridized carbons (Fsp3) is 0.588. The van der Waals surface area contributed by atoms with Crippen molar-refractivity contribution in [2.24, 2.45) is 0 Å². The highest BCUT2D eigenvalue weighted by Crippen LogP contribution is 2.39. The minimum Gasteiger partial charge on any atom is -0.317 e. The molecule has 5 rings (SSSR count). The number of carbonyl (C=O) groups is 1. The Bertz CT molecular complexity index is 768. The maximum atomic E-state index is 12.6. The molecule has 24 heavy (non-hydrogen) atoms. The molecule has 2 amide bonds. The van der Waals surface area contributed by atoms with E-state index in [1.807, 2.05) is 4.90 Å². The molecule has 3 heterocycles. The lowest BCUT2D eigenvalue weighted by atomic mass is 10.0. The van der Waals surface area contributed by atoms with Crippen molar-refractivity contribution in [1.82, 2.24) is 19.7 Å². The van der Waals surface area contributed by atoms with Gasteiger partial charge in [0.15, 0.2) is 5.13 Å². The van der Waals surface area contributed by atoms with E-state index in [9.17, 15) is 4.79 Å². The monoisotopic (exact) mass is 343 g/mol.